The van der Waals surface area contributed by atoms with Crippen molar-refractivity contribution in [2.75, 3.05) is 45.9 Å². The number of likely N-dealkylation sites (tertiary alicyclic amines) is 2. The molecule has 7 nitrogen and oxygen atoms in total. The number of fused-ring (bicyclic) bond motifs is 1. The summed E-state index contributed by atoms with van der Waals surface area (Å²) in [5.74, 6) is 1.87. The molecule has 7 heteroatoms. The van der Waals surface area contributed by atoms with Crippen molar-refractivity contribution < 1.29 is 24.5 Å². The molecule has 2 saturated heterocycles. The Labute approximate surface area is 256 Å². The van der Waals surface area contributed by atoms with Crippen molar-refractivity contribution in [1.82, 2.24) is 9.80 Å². The summed E-state index contributed by atoms with van der Waals surface area (Å²) in [6, 6.07) is 18.3. The van der Waals surface area contributed by atoms with Gasteiger partial charge in [0.1, 0.15) is 23.7 Å². The second-order valence-electron chi connectivity index (χ2n) is 12.3. The van der Waals surface area contributed by atoms with Gasteiger partial charge in [-0.15, -0.1) is 0 Å². The zero-order valence-electron chi connectivity index (χ0n) is 25.7. The summed E-state index contributed by atoms with van der Waals surface area (Å²) in [4.78, 5) is 16.7. The van der Waals surface area contributed by atoms with Crippen LogP contribution >= 0.6 is 0 Å². The van der Waals surface area contributed by atoms with Crippen molar-refractivity contribution in [2.24, 2.45) is 11.8 Å². The number of carbonyl (C=O) groups is 1. The number of allylic oxidation sites excluding steroid dienone is 6. The molecular weight excluding hydrogens is 540 g/mol. The van der Waals surface area contributed by atoms with E-state index < -0.39 is 5.60 Å². The average molecular weight is 587 g/mol. The van der Waals surface area contributed by atoms with Gasteiger partial charge in [-0.2, -0.15) is 0 Å². The average Bonchev–Trinajstić information content (AvgIpc) is 3.56. The van der Waals surface area contributed by atoms with Gasteiger partial charge in [-0.3, -0.25) is 4.90 Å². The molecule has 0 aliphatic carbocycles. The molecule has 2 atom stereocenters. The number of benzene rings is 2. The SMILES string of the molecule is C=C\C(O)=C/C=C/C(=C(\CCCO)c1ccccc1)c1ccc(OCCN2CC3CN(C(=O)OC(C)(C)C)C[C@H]3C2)cc1. The Balaban J connectivity index is 1.38. The Hall–Kier alpha value is -3.81. The van der Waals surface area contributed by atoms with E-state index >= 15 is 0 Å². The van der Waals surface area contributed by atoms with Gasteiger partial charge < -0.3 is 24.6 Å². The predicted octanol–water partition coefficient (Wildman–Crippen LogP) is 6.73. The van der Waals surface area contributed by atoms with Gasteiger partial charge in [-0.1, -0.05) is 61.2 Å². The largest absolute Gasteiger partial charge is 0.508 e. The van der Waals surface area contributed by atoms with Gasteiger partial charge >= 0.3 is 6.09 Å². The van der Waals surface area contributed by atoms with E-state index in [-0.39, 0.29) is 18.5 Å². The Morgan fingerprint density at radius 1 is 1.00 bits per heavy atom. The van der Waals surface area contributed by atoms with Gasteiger partial charge in [-0.05, 0) is 92.0 Å². The number of aliphatic hydroxyl groups is 2. The Bertz CT molecular complexity index is 1290. The van der Waals surface area contributed by atoms with E-state index in [4.69, 9.17) is 9.47 Å². The number of carbonyl (C=O) groups excluding carboxylic acids is 1. The van der Waals surface area contributed by atoms with E-state index in [9.17, 15) is 15.0 Å². The first-order chi connectivity index (χ1) is 20.7. The van der Waals surface area contributed by atoms with Gasteiger partial charge in [0.25, 0.3) is 0 Å². The predicted molar refractivity (Wildman–Crippen MR) is 173 cm³/mol. The van der Waals surface area contributed by atoms with E-state index in [1.807, 2.05) is 68.2 Å². The van der Waals surface area contributed by atoms with E-state index in [1.54, 1.807) is 6.08 Å². The first kappa shape index (κ1) is 32.1. The highest BCUT2D eigenvalue weighted by atomic mass is 16.6. The molecule has 1 unspecified atom stereocenters. The van der Waals surface area contributed by atoms with Crippen LogP contribution in [0.15, 0.2) is 91.2 Å². The van der Waals surface area contributed by atoms with Crippen LogP contribution in [0.25, 0.3) is 11.1 Å². The Morgan fingerprint density at radius 3 is 2.28 bits per heavy atom. The van der Waals surface area contributed by atoms with Crippen LogP contribution in [-0.4, -0.2) is 77.6 Å². The summed E-state index contributed by atoms with van der Waals surface area (Å²) >= 11 is 0. The van der Waals surface area contributed by atoms with Crippen LogP contribution in [0.5, 0.6) is 5.75 Å². The number of hydrogen-bond donors (Lipinski definition) is 2. The molecule has 2 heterocycles. The summed E-state index contributed by atoms with van der Waals surface area (Å²) in [6.07, 6.45) is 7.97. The minimum absolute atomic E-state index is 0.0953. The standard InChI is InChI=1S/C36H46N2O5/c1-5-31(40)13-9-14-33(34(15-10-21-39)27-11-7-6-8-12-27)28-16-18-32(19-17-28)42-22-20-37-23-29-25-38(26-30(29)24-37)35(41)43-36(2,3)4/h5-9,11-14,16-19,29-30,39-40H,1,10,15,20-26H2,2-4H3/b14-9+,31-13+,34-33-/t29-,30?/m1/s1. The smallest absolute Gasteiger partial charge is 0.410 e. The lowest BCUT2D eigenvalue weighted by Gasteiger charge is -2.26. The maximum atomic E-state index is 12.5. The molecule has 2 aromatic rings. The van der Waals surface area contributed by atoms with E-state index in [1.165, 1.54) is 6.08 Å². The van der Waals surface area contributed by atoms with Crippen molar-refractivity contribution >= 4 is 17.2 Å². The molecule has 230 valence electrons. The molecule has 2 aliphatic rings. The fourth-order valence-electron chi connectivity index (χ4n) is 5.78. The maximum absolute atomic E-state index is 12.5. The first-order valence-electron chi connectivity index (χ1n) is 15.2. The van der Waals surface area contributed by atoms with Crippen molar-refractivity contribution in [3.63, 3.8) is 0 Å². The van der Waals surface area contributed by atoms with Gasteiger partial charge in [-0.25, -0.2) is 4.79 Å². The fraction of sp³-hybridized carbons (Fsp3) is 0.417. The molecule has 2 aromatic carbocycles. The summed E-state index contributed by atoms with van der Waals surface area (Å²) in [6.45, 7) is 14.3. The van der Waals surface area contributed by atoms with Crippen LogP contribution in [0.1, 0.15) is 44.7 Å². The van der Waals surface area contributed by atoms with E-state index in [0.29, 0.717) is 31.3 Å². The van der Waals surface area contributed by atoms with Crippen LogP contribution < -0.4 is 4.74 Å². The van der Waals surface area contributed by atoms with Crippen molar-refractivity contribution in [1.29, 1.82) is 0 Å². The first-order valence-corrected chi connectivity index (χ1v) is 15.2. The van der Waals surface area contributed by atoms with Gasteiger partial charge in [0.2, 0.25) is 0 Å². The second-order valence-corrected chi connectivity index (χ2v) is 12.3. The third kappa shape index (κ3) is 9.34. The van der Waals surface area contributed by atoms with Crippen LogP contribution in [0.3, 0.4) is 0 Å². The Morgan fingerprint density at radius 2 is 1.67 bits per heavy atom. The molecule has 0 radical (unpaired) electrons. The molecule has 1 amide bonds. The number of nitrogens with zero attached hydrogens (tertiary/aromatic N) is 2. The van der Waals surface area contributed by atoms with Crippen molar-refractivity contribution in [3.8, 4) is 5.75 Å². The lowest BCUT2D eigenvalue weighted by molar-refractivity contribution is 0.0273. The fourth-order valence-corrected chi connectivity index (χ4v) is 5.78. The molecular formula is C36H46N2O5. The minimum atomic E-state index is -0.470. The van der Waals surface area contributed by atoms with Gasteiger partial charge in [0, 0.05) is 39.3 Å². The van der Waals surface area contributed by atoms with Crippen LogP contribution in [0, 0.1) is 11.8 Å². The van der Waals surface area contributed by atoms with E-state index in [2.05, 4.69) is 35.7 Å². The molecule has 0 aromatic heterocycles. The third-order valence-corrected chi connectivity index (χ3v) is 7.83. The highest BCUT2D eigenvalue weighted by Gasteiger charge is 2.42. The molecule has 43 heavy (non-hydrogen) atoms. The lowest BCUT2D eigenvalue weighted by Crippen LogP contribution is -2.38. The summed E-state index contributed by atoms with van der Waals surface area (Å²) < 4.78 is 11.7. The van der Waals surface area contributed by atoms with Crippen molar-refractivity contribution in [3.05, 3.63) is 102 Å². The molecule has 2 fully saturated rings. The molecule has 0 saturated carbocycles. The summed E-state index contributed by atoms with van der Waals surface area (Å²) in [7, 11) is 0. The number of aliphatic hydroxyl groups excluding tert-OH is 2. The van der Waals surface area contributed by atoms with Crippen LogP contribution in [0.2, 0.25) is 0 Å². The highest BCUT2D eigenvalue weighted by molar-refractivity contribution is 5.95. The number of amides is 1. The molecule has 2 aliphatic heterocycles. The summed E-state index contributed by atoms with van der Waals surface area (Å²) in [5.41, 5.74) is 3.78. The number of rotatable bonds is 12. The Kier molecular flexibility index (Phi) is 11.3. The monoisotopic (exact) mass is 586 g/mol. The maximum Gasteiger partial charge on any atom is 0.410 e. The van der Waals surface area contributed by atoms with Crippen LogP contribution in [0.4, 0.5) is 4.79 Å². The van der Waals surface area contributed by atoms with E-state index in [0.717, 1.165) is 60.7 Å². The molecule has 2 N–H and O–H groups in total. The minimum Gasteiger partial charge on any atom is -0.508 e. The highest BCUT2D eigenvalue weighted by Crippen LogP contribution is 2.33. The zero-order chi connectivity index (χ0) is 30.8. The quantitative estimate of drug-likeness (QED) is 0.163. The van der Waals surface area contributed by atoms with Crippen LogP contribution in [-0.2, 0) is 4.74 Å². The molecule has 4 rings (SSSR count). The van der Waals surface area contributed by atoms with Gasteiger partial charge in [0.05, 0.1) is 0 Å². The second kappa shape index (κ2) is 15.1. The third-order valence-electron chi connectivity index (χ3n) is 7.83. The topological polar surface area (TPSA) is 82.5 Å². The normalized spacial score (nSPS) is 19.8. The van der Waals surface area contributed by atoms with Crippen molar-refractivity contribution in [2.45, 2.75) is 39.2 Å². The molecule has 0 spiro atoms. The van der Waals surface area contributed by atoms with Gasteiger partial charge in [0.15, 0.2) is 0 Å². The zero-order valence-corrected chi connectivity index (χ0v) is 25.7. The summed E-state index contributed by atoms with van der Waals surface area (Å²) in [5, 5.41) is 19.4. The number of hydrogen-bond acceptors (Lipinski definition) is 6. The lowest BCUT2D eigenvalue weighted by atomic mass is 9.91. The number of ether oxygens (including phenoxy) is 2. The molecule has 0 bridgehead atoms.